The Hall–Kier alpha value is -2.37. The van der Waals surface area contributed by atoms with Crippen molar-refractivity contribution in [1.82, 2.24) is 5.32 Å². The van der Waals surface area contributed by atoms with E-state index in [0.717, 1.165) is 5.56 Å². The number of carbonyl (C=O) groups excluding carboxylic acids is 3. The molecule has 2 rings (SSSR count). The van der Waals surface area contributed by atoms with E-state index in [0.29, 0.717) is 37.3 Å². The molecule has 1 saturated carbocycles. The molecule has 1 amide bonds. The lowest BCUT2D eigenvalue weighted by Gasteiger charge is -2.37. The van der Waals surface area contributed by atoms with Gasteiger partial charge in [-0.2, -0.15) is 0 Å². The Bertz CT molecular complexity index is 727. The quantitative estimate of drug-likeness (QED) is 0.585. The van der Waals surface area contributed by atoms with Crippen LogP contribution in [0.5, 0.6) is 11.5 Å². The third-order valence-electron chi connectivity index (χ3n) is 5.76. The van der Waals surface area contributed by atoms with Crippen molar-refractivity contribution in [2.75, 3.05) is 20.8 Å². The summed E-state index contributed by atoms with van der Waals surface area (Å²) in [6, 6.07) is 5.57. The molecule has 1 aromatic carbocycles. The highest BCUT2D eigenvalue weighted by molar-refractivity contribution is 6.43. The number of hydrogen-bond acceptors (Lipinski definition) is 5. The lowest BCUT2D eigenvalue weighted by Crippen LogP contribution is -2.50. The van der Waals surface area contributed by atoms with Crippen LogP contribution in [-0.2, 0) is 20.8 Å². The van der Waals surface area contributed by atoms with Crippen molar-refractivity contribution >= 4 is 17.5 Å². The van der Waals surface area contributed by atoms with Crippen molar-refractivity contribution in [1.29, 1.82) is 0 Å². The van der Waals surface area contributed by atoms with Crippen LogP contribution in [0.1, 0.15) is 39.2 Å². The zero-order valence-corrected chi connectivity index (χ0v) is 16.8. The molecular formula is C21H29NO5. The minimum absolute atomic E-state index is 0.0722. The molecule has 27 heavy (non-hydrogen) atoms. The van der Waals surface area contributed by atoms with Gasteiger partial charge in [0.15, 0.2) is 11.5 Å². The molecule has 1 aromatic rings. The topological polar surface area (TPSA) is 81.7 Å². The molecule has 1 aliphatic rings. The first kappa shape index (κ1) is 20.9. The number of carbonyl (C=O) groups is 3. The summed E-state index contributed by atoms with van der Waals surface area (Å²) >= 11 is 0. The van der Waals surface area contributed by atoms with Gasteiger partial charge >= 0.3 is 0 Å². The number of hydrogen-bond donors (Lipinski definition) is 1. The van der Waals surface area contributed by atoms with Gasteiger partial charge in [-0.05, 0) is 42.9 Å². The molecule has 148 valence electrons. The normalized spacial score (nSPS) is 22.7. The van der Waals surface area contributed by atoms with Crippen LogP contribution in [0.15, 0.2) is 18.2 Å². The van der Waals surface area contributed by atoms with Crippen LogP contribution in [0.25, 0.3) is 0 Å². The standard InChI is InChI=1S/C21H29NO5/c1-13(2)21(3)10-8-15(18(23)19(21)24)20(25)22-11-9-14-6-7-16(26-4)17(12-14)27-5/h6-7,12-13,15H,8-11H2,1-5H3,(H,22,25). The highest BCUT2D eigenvalue weighted by Crippen LogP contribution is 2.40. The molecular weight excluding hydrogens is 346 g/mol. The highest BCUT2D eigenvalue weighted by Gasteiger charge is 2.48. The van der Waals surface area contributed by atoms with E-state index < -0.39 is 22.9 Å². The molecule has 2 unspecified atom stereocenters. The number of rotatable bonds is 7. The fourth-order valence-electron chi connectivity index (χ4n) is 3.42. The summed E-state index contributed by atoms with van der Waals surface area (Å²) in [4.78, 5) is 37.3. The van der Waals surface area contributed by atoms with Gasteiger partial charge in [-0.3, -0.25) is 14.4 Å². The zero-order chi connectivity index (χ0) is 20.2. The molecule has 0 bridgehead atoms. The largest absolute Gasteiger partial charge is 0.493 e. The van der Waals surface area contributed by atoms with Crippen molar-refractivity contribution in [3.8, 4) is 11.5 Å². The molecule has 2 atom stereocenters. The van der Waals surface area contributed by atoms with Gasteiger partial charge in [0.2, 0.25) is 17.5 Å². The summed E-state index contributed by atoms with van der Waals surface area (Å²) in [7, 11) is 3.14. The van der Waals surface area contributed by atoms with Crippen LogP contribution in [0.4, 0.5) is 0 Å². The molecule has 0 radical (unpaired) electrons. The van der Waals surface area contributed by atoms with Gasteiger partial charge in [0, 0.05) is 12.0 Å². The average Bonchev–Trinajstić information content (AvgIpc) is 2.65. The Morgan fingerprint density at radius 1 is 1.22 bits per heavy atom. The lowest BCUT2D eigenvalue weighted by atomic mass is 9.64. The van der Waals surface area contributed by atoms with Crippen LogP contribution < -0.4 is 14.8 Å². The van der Waals surface area contributed by atoms with E-state index in [2.05, 4.69) is 5.32 Å². The minimum Gasteiger partial charge on any atom is -0.493 e. The Morgan fingerprint density at radius 3 is 2.48 bits per heavy atom. The van der Waals surface area contributed by atoms with Gasteiger partial charge in [0.05, 0.1) is 14.2 Å². The maximum Gasteiger partial charge on any atom is 0.231 e. The average molecular weight is 375 g/mol. The fraction of sp³-hybridized carbons (Fsp3) is 0.571. The lowest BCUT2D eigenvalue weighted by molar-refractivity contribution is -0.153. The summed E-state index contributed by atoms with van der Waals surface area (Å²) in [5.41, 5.74) is 0.319. The van der Waals surface area contributed by atoms with Crippen molar-refractivity contribution < 1.29 is 23.9 Å². The zero-order valence-electron chi connectivity index (χ0n) is 16.8. The molecule has 0 heterocycles. The SMILES string of the molecule is COc1ccc(CCNC(=O)C2CCC(C)(C(C)C)C(=O)C2=O)cc1OC. The van der Waals surface area contributed by atoms with Crippen LogP contribution >= 0.6 is 0 Å². The molecule has 0 saturated heterocycles. The number of benzene rings is 1. The fourth-order valence-corrected chi connectivity index (χ4v) is 3.42. The van der Waals surface area contributed by atoms with Crippen LogP contribution in [0, 0.1) is 17.3 Å². The van der Waals surface area contributed by atoms with Gasteiger partial charge in [-0.1, -0.05) is 26.8 Å². The van der Waals surface area contributed by atoms with E-state index in [1.807, 2.05) is 39.0 Å². The predicted octanol–water partition coefficient (Wildman–Crippen LogP) is 2.57. The summed E-state index contributed by atoms with van der Waals surface area (Å²) in [6.07, 6.45) is 1.56. The van der Waals surface area contributed by atoms with Gasteiger partial charge in [-0.25, -0.2) is 0 Å². The second kappa shape index (κ2) is 8.55. The van der Waals surface area contributed by atoms with Crippen LogP contribution in [0.3, 0.4) is 0 Å². The predicted molar refractivity (Wildman–Crippen MR) is 102 cm³/mol. The number of nitrogens with one attached hydrogen (secondary N) is 1. The molecule has 1 N–H and O–H groups in total. The molecule has 0 spiro atoms. The first-order valence-electron chi connectivity index (χ1n) is 9.31. The van der Waals surface area contributed by atoms with Crippen LogP contribution in [-0.4, -0.2) is 38.2 Å². The minimum atomic E-state index is -0.866. The Balaban J connectivity index is 1.93. The van der Waals surface area contributed by atoms with Gasteiger partial charge < -0.3 is 14.8 Å². The molecule has 1 aliphatic carbocycles. The Kier molecular flexibility index (Phi) is 6.63. The first-order valence-corrected chi connectivity index (χ1v) is 9.31. The van der Waals surface area contributed by atoms with E-state index in [4.69, 9.17) is 9.47 Å². The second-order valence-electron chi connectivity index (χ2n) is 7.59. The van der Waals surface area contributed by atoms with Crippen LogP contribution in [0.2, 0.25) is 0 Å². The van der Waals surface area contributed by atoms with Crippen molar-refractivity contribution in [3.63, 3.8) is 0 Å². The molecule has 6 heteroatoms. The van der Waals surface area contributed by atoms with E-state index in [9.17, 15) is 14.4 Å². The van der Waals surface area contributed by atoms with E-state index in [1.54, 1.807) is 14.2 Å². The van der Waals surface area contributed by atoms with Crippen molar-refractivity contribution in [3.05, 3.63) is 23.8 Å². The molecule has 6 nitrogen and oxygen atoms in total. The third-order valence-corrected chi connectivity index (χ3v) is 5.76. The summed E-state index contributed by atoms with van der Waals surface area (Å²) in [6.45, 7) is 6.08. The number of ether oxygens (including phenoxy) is 2. The van der Waals surface area contributed by atoms with Gasteiger partial charge in [-0.15, -0.1) is 0 Å². The maximum absolute atomic E-state index is 12.5. The monoisotopic (exact) mass is 375 g/mol. The number of ketones is 2. The van der Waals surface area contributed by atoms with Crippen molar-refractivity contribution in [2.45, 2.75) is 40.0 Å². The summed E-state index contributed by atoms with van der Waals surface area (Å²) in [5, 5.41) is 2.79. The number of methoxy groups -OCH3 is 2. The highest BCUT2D eigenvalue weighted by atomic mass is 16.5. The third kappa shape index (κ3) is 4.31. The summed E-state index contributed by atoms with van der Waals surface area (Å²) in [5.74, 6) is -0.852. The Morgan fingerprint density at radius 2 is 1.89 bits per heavy atom. The molecule has 0 aromatic heterocycles. The van der Waals surface area contributed by atoms with E-state index >= 15 is 0 Å². The van der Waals surface area contributed by atoms with Crippen molar-refractivity contribution in [2.24, 2.45) is 17.3 Å². The second-order valence-corrected chi connectivity index (χ2v) is 7.59. The maximum atomic E-state index is 12.5. The van der Waals surface area contributed by atoms with E-state index in [-0.39, 0.29) is 11.8 Å². The smallest absolute Gasteiger partial charge is 0.231 e. The summed E-state index contributed by atoms with van der Waals surface area (Å²) < 4.78 is 10.5. The first-order chi connectivity index (χ1) is 12.7. The number of amides is 1. The number of Topliss-reactive ketones (excluding diaryl/α,β-unsaturated/α-hetero) is 2. The van der Waals surface area contributed by atoms with E-state index in [1.165, 1.54) is 0 Å². The van der Waals surface area contributed by atoms with Gasteiger partial charge in [0.25, 0.3) is 0 Å². The molecule has 1 fully saturated rings. The Labute approximate surface area is 160 Å². The van der Waals surface area contributed by atoms with Gasteiger partial charge in [0.1, 0.15) is 5.92 Å². The molecule has 0 aliphatic heterocycles.